The van der Waals surface area contributed by atoms with Crippen LogP contribution in [0.2, 0.25) is 0 Å². The molecule has 2 saturated heterocycles. The molecule has 0 radical (unpaired) electrons. The molecule has 3 unspecified atom stereocenters. The van der Waals surface area contributed by atoms with Gasteiger partial charge in [-0.25, -0.2) is 14.5 Å². The molecule has 0 saturated carbocycles. The highest BCUT2D eigenvalue weighted by atomic mass is 32.1. The minimum absolute atomic E-state index is 0.00163. The fourth-order valence-electron chi connectivity index (χ4n) is 6.46. The van der Waals surface area contributed by atoms with E-state index in [4.69, 9.17) is 9.72 Å². The van der Waals surface area contributed by atoms with Gasteiger partial charge in [-0.2, -0.15) is 5.10 Å². The van der Waals surface area contributed by atoms with Crippen LogP contribution < -0.4 is 4.90 Å². The number of hydrogen-bond acceptors (Lipinski definition) is 8. The van der Waals surface area contributed by atoms with Crippen LogP contribution in [0.5, 0.6) is 0 Å². The fourth-order valence-corrected chi connectivity index (χ4v) is 7.30. The van der Waals surface area contributed by atoms with Crippen molar-refractivity contribution < 1.29 is 14.6 Å². The highest BCUT2D eigenvalue weighted by Gasteiger charge is 2.40. The Bertz CT molecular complexity index is 1540. The summed E-state index contributed by atoms with van der Waals surface area (Å²) in [5, 5.41) is 23.7. The Labute approximate surface area is 250 Å². The minimum atomic E-state index is -0.840. The number of carbonyl (C=O) groups is 1. The first-order valence-electron chi connectivity index (χ1n) is 14.9. The maximum atomic E-state index is 11.9. The number of fused-ring (bicyclic) bond motifs is 1. The second-order valence-electron chi connectivity index (χ2n) is 12.3. The van der Waals surface area contributed by atoms with E-state index < -0.39 is 6.09 Å². The smallest absolute Gasteiger partial charge is 0.407 e. The first kappa shape index (κ1) is 28.5. The van der Waals surface area contributed by atoms with Crippen molar-refractivity contribution >= 4 is 33.5 Å². The largest absolute Gasteiger partial charge is 0.465 e. The maximum absolute atomic E-state index is 11.9. The third-order valence-corrected chi connectivity index (χ3v) is 9.53. The van der Waals surface area contributed by atoms with E-state index in [9.17, 15) is 9.90 Å². The molecule has 0 aliphatic carbocycles. The first-order chi connectivity index (χ1) is 20.2. The molecule has 10 nitrogen and oxygen atoms in total. The van der Waals surface area contributed by atoms with Crippen molar-refractivity contribution in [2.24, 2.45) is 5.41 Å². The number of nitrogens with zero attached hydrogens (tertiary/aromatic N) is 7. The third kappa shape index (κ3) is 5.47. The summed E-state index contributed by atoms with van der Waals surface area (Å²) in [6, 6.07) is 8.40. The van der Waals surface area contributed by atoms with E-state index in [0.717, 1.165) is 83.7 Å². The van der Waals surface area contributed by atoms with Crippen molar-refractivity contribution in [3.05, 3.63) is 42.2 Å². The molecule has 0 spiro atoms. The molecule has 1 aromatic carbocycles. The van der Waals surface area contributed by atoms with E-state index in [2.05, 4.69) is 66.2 Å². The van der Waals surface area contributed by atoms with Gasteiger partial charge in [-0.3, -0.25) is 0 Å². The van der Waals surface area contributed by atoms with E-state index >= 15 is 0 Å². The molecule has 0 bridgehead atoms. The lowest BCUT2D eigenvalue weighted by Crippen LogP contribution is -2.56. The zero-order chi connectivity index (χ0) is 29.4. The number of piperidine rings is 1. The Morgan fingerprint density at radius 2 is 1.98 bits per heavy atom. The Balaban J connectivity index is 1.24. The number of thiazole rings is 1. The lowest BCUT2D eigenvalue weighted by molar-refractivity contribution is -0.0394. The summed E-state index contributed by atoms with van der Waals surface area (Å²) in [5.74, 6) is 0.817. The summed E-state index contributed by atoms with van der Waals surface area (Å²) in [7, 11) is 0. The molecule has 2 aliphatic heterocycles. The van der Waals surface area contributed by atoms with Gasteiger partial charge in [0.15, 0.2) is 5.82 Å². The number of hydrogen-bond donors (Lipinski definition) is 1. The zero-order valence-electron chi connectivity index (χ0n) is 24.7. The predicted octanol–water partition coefficient (Wildman–Crippen LogP) is 6.70. The number of benzene rings is 1. The van der Waals surface area contributed by atoms with Crippen molar-refractivity contribution in [2.75, 3.05) is 24.6 Å². The van der Waals surface area contributed by atoms with E-state index in [1.807, 2.05) is 28.5 Å². The third-order valence-electron chi connectivity index (χ3n) is 8.67. The monoisotopic (exact) mass is 589 g/mol. The zero-order valence-corrected chi connectivity index (χ0v) is 25.5. The summed E-state index contributed by atoms with van der Waals surface area (Å²) in [4.78, 5) is 20.5. The topological polar surface area (TPSA) is 110 Å². The van der Waals surface area contributed by atoms with Gasteiger partial charge in [-0.1, -0.05) is 32.9 Å². The number of aromatic nitrogens is 5. The normalized spacial score (nSPS) is 21.5. The van der Waals surface area contributed by atoms with Gasteiger partial charge in [0.05, 0.1) is 27.6 Å². The molecule has 1 amide bonds. The average Bonchev–Trinajstić information content (AvgIpc) is 3.68. The summed E-state index contributed by atoms with van der Waals surface area (Å²) >= 11 is 1.60. The molecular weight excluding hydrogens is 550 g/mol. The molecule has 3 aromatic heterocycles. The number of anilines is 1. The molecule has 5 heterocycles. The van der Waals surface area contributed by atoms with Gasteiger partial charge in [-0.05, 0) is 56.6 Å². The van der Waals surface area contributed by atoms with Crippen LogP contribution in [0.4, 0.5) is 10.6 Å². The number of rotatable bonds is 6. The van der Waals surface area contributed by atoms with Crippen LogP contribution in [0.3, 0.4) is 0 Å². The summed E-state index contributed by atoms with van der Waals surface area (Å²) < 4.78 is 8.91. The number of likely N-dealkylation sites (tertiary alicyclic amines) is 1. The molecular formula is C31H39N7O3S. The van der Waals surface area contributed by atoms with Crippen LogP contribution in [0.15, 0.2) is 42.2 Å². The quantitative estimate of drug-likeness (QED) is 0.265. The number of ether oxygens (including phenoxy) is 1. The Hall–Kier alpha value is -3.57. The Morgan fingerprint density at radius 3 is 2.67 bits per heavy atom. The molecule has 42 heavy (non-hydrogen) atoms. The van der Waals surface area contributed by atoms with Crippen molar-refractivity contribution in [2.45, 2.75) is 78.1 Å². The second kappa shape index (κ2) is 11.6. The van der Waals surface area contributed by atoms with Crippen molar-refractivity contribution in [3.63, 3.8) is 0 Å². The van der Waals surface area contributed by atoms with Crippen molar-refractivity contribution in [1.82, 2.24) is 29.9 Å². The molecule has 222 valence electrons. The van der Waals surface area contributed by atoms with Crippen LogP contribution in [0.1, 0.15) is 66.0 Å². The highest BCUT2D eigenvalue weighted by molar-refractivity contribution is 7.17. The average molecular weight is 590 g/mol. The van der Waals surface area contributed by atoms with Crippen molar-refractivity contribution in [1.29, 1.82) is 0 Å². The summed E-state index contributed by atoms with van der Waals surface area (Å²) in [5.41, 5.74) is 6.53. The van der Waals surface area contributed by atoms with Gasteiger partial charge >= 0.3 is 6.09 Å². The van der Waals surface area contributed by atoms with Crippen LogP contribution in [-0.2, 0) is 4.74 Å². The van der Waals surface area contributed by atoms with E-state index in [1.165, 1.54) is 0 Å². The summed E-state index contributed by atoms with van der Waals surface area (Å²) in [6.07, 6.45) is 7.88. The van der Waals surface area contributed by atoms with Crippen LogP contribution in [0.25, 0.3) is 32.6 Å². The standard InChI is InChI=1S/C31H39N7O3S/c1-5-36(21-13-14-37(30(39)40)25(16-21)31(2,3)4)26-12-11-24(34-35-26)23-10-9-22(28-29(23)42-19-32-28)20-17-33-38(18-20)27-8-6-7-15-41-27/h9-12,17-19,21,25,27H,5-8,13-16H2,1-4H3,(H,39,40). The number of amides is 1. The van der Waals surface area contributed by atoms with Gasteiger partial charge in [0.2, 0.25) is 0 Å². The Kier molecular flexibility index (Phi) is 7.89. The van der Waals surface area contributed by atoms with Gasteiger partial charge in [0, 0.05) is 54.7 Å². The van der Waals surface area contributed by atoms with Gasteiger partial charge < -0.3 is 19.6 Å². The van der Waals surface area contributed by atoms with Crippen molar-refractivity contribution in [3.8, 4) is 22.4 Å². The lowest BCUT2D eigenvalue weighted by Gasteiger charge is -2.47. The number of carboxylic acid groups (broad SMARTS) is 1. The van der Waals surface area contributed by atoms with Crippen LogP contribution in [-0.4, -0.2) is 72.8 Å². The van der Waals surface area contributed by atoms with Gasteiger partial charge in [-0.15, -0.1) is 21.5 Å². The SMILES string of the molecule is CCN(c1ccc(-c2ccc(-c3cnn(C4CCCCO4)c3)c3ncsc23)nn1)C1CCN(C(=O)O)C(C(C)(C)C)C1. The molecule has 6 rings (SSSR count). The van der Waals surface area contributed by atoms with Gasteiger partial charge in [0.1, 0.15) is 6.23 Å². The fraction of sp³-hybridized carbons (Fsp3) is 0.516. The van der Waals surface area contributed by atoms with E-state index in [0.29, 0.717) is 6.54 Å². The van der Waals surface area contributed by atoms with E-state index in [-0.39, 0.29) is 23.7 Å². The predicted molar refractivity (Wildman–Crippen MR) is 165 cm³/mol. The van der Waals surface area contributed by atoms with Crippen LogP contribution in [0, 0.1) is 5.41 Å². The van der Waals surface area contributed by atoms with E-state index in [1.54, 1.807) is 16.2 Å². The van der Waals surface area contributed by atoms with Crippen LogP contribution >= 0.6 is 11.3 Å². The van der Waals surface area contributed by atoms with Gasteiger partial charge in [0.25, 0.3) is 0 Å². The molecule has 11 heteroatoms. The minimum Gasteiger partial charge on any atom is -0.465 e. The Morgan fingerprint density at radius 1 is 1.14 bits per heavy atom. The summed E-state index contributed by atoms with van der Waals surface area (Å²) in [6.45, 7) is 10.5. The molecule has 4 aromatic rings. The molecule has 3 atom stereocenters. The first-order valence-corrected chi connectivity index (χ1v) is 15.7. The molecule has 1 N–H and O–H groups in total. The second-order valence-corrected chi connectivity index (χ2v) is 13.2. The highest BCUT2D eigenvalue weighted by Crippen LogP contribution is 2.38. The molecule has 2 fully saturated rings. The molecule has 2 aliphatic rings. The maximum Gasteiger partial charge on any atom is 0.407 e. The lowest BCUT2D eigenvalue weighted by atomic mass is 9.79.